The fourth-order valence-corrected chi connectivity index (χ4v) is 14.2. The number of piperazine rings is 2. The number of sulfonamides is 2. The van der Waals surface area contributed by atoms with Crippen molar-refractivity contribution >= 4 is 103 Å². The molecule has 0 bridgehead atoms. The molecule has 18 nitrogen and oxygen atoms in total. The van der Waals surface area contributed by atoms with E-state index in [1.165, 1.54) is 53.6 Å². The van der Waals surface area contributed by atoms with Gasteiger partial charge < -0.3 is 39.5 Å². The highest BCUT2D eigenvalue weighted by Crippen LogP contribution is 2.41. The summed E-state index contributed by atoms with van der Waals surface area (Å²) in [5, 5.41) is 38.2. The van der Waals surface area contributed by atoms with Gasteiger partial charge in [0.1, 0.15) is 16.2 Å². The summed E-state index contributed by atoms with van der Waals surface area (Å²) in [5.74, 6) is 2.03. The van der Waals surface area contributed by atoms with E-state index in [9.17, 15) is 21.9 Å². The van der Waals surface area contributed by atoms with Crippen LogP contribution in [0.2, 0.25) is 0 Å². The first-order chi connectivity index (χ1) is 35.4. The first-order valence-corrected chi connectivity index (χ1v) is 30.8. The van der Waals surface area contributed by atoms with Crippen LogP contribution >= 0.6 is 38.6 Å². The van der Waals surface area contributed by atoms with E-state index in [2.05, 4.69) is 61.5 Å². The summed E-state index contributed by atoms with van der Waals surface area (Å²) < 4.78 is 64.7. The minimum absolute atomic E-state index is 0. The molecule has 2 aromatic carbocycles. The van der Waals surface area contributed by atoms with Gasteiger partial charge in [0, 0.05) is 118 Å². The van der Waals surface area contributed by atoms with Crippen LogP contribution < -0.4 is 15.3 Å². The van der Waals surface area contributed by atoms with Crippen molar-refractivity contribution in [2.45, 2.75) is 47.6 Å². The highest BCUT2D eigenvalue weighted by Gasteiger charge is 2.28. The van der Waals surface area contributed by atoms with Gasteiger partial charge in [-0.1, -0.05) is 49.9 Å². The number of aromatic nitrogens is 2. The maximum Gasteiger partial charge on any atom is 0.488 e. The number of aliphatic hydroxyl groups is 2. The fraction of sp³-hybridized carbons (Fsp3) is 0.490. The molecule has 24 heteroatoms. The number of anilines is 2. The van der Waals surface area contributed by atoms with Crippen molar-refractivity contribution in [3.05, 3.63) is 97.3 Å². The molecule has 4 N–H and O–H groups in total. The highest BCUT2D eigenvalue weighted by atomic mass is 79.9. The van der Waals surface area contributed by atoms with Crippen LogP contribution in [0.5, 0.6) is 0 Å². The van der Waals surface area contributed by atoms with E-state index in [0.29, 0.717) is 50.4 Å². The molecule has 4 fully saturated rings. The predicted molar refractivity (Wildman–Crippen MR) is 306 cm³/mol. The number of rotatable bonds is 12. The molecule has 0 unspecified atom stereocenters. The van der Waals surface area contributed by atoms with Crippen molar-refractivity contribution in [3.8, 4) is 11.3 Å². The van der Waals surface area contributed by atoms with Crippen LogP contribution in [0.15, 0.2) is 65.3 Å². The molecule has 10 rings (SSSR count). The fourth-order valence-electron chi connectivity index (χ4n) is 9.42. The molecule has 4 aliphatic rings. The van der Waals surface area contributed by atoms with Gasteiger partial charge >= 0.3 is 7.12 Å². The van der Waals surface area contributed by atoms with Crippen molar-refractivity contribution in [3.63, 3.8) is 0 Å². The number of halogens is 1. The molecule has 75 heavy (non-hydrogen) atoms. The molecule has 0 atom stereocenters. The summed E-state index contributed by atoms with van der Waals surface area (Å²) in [6.07, 6.45) is 2.57. The lowest BCUT2D eigenvalue weighted by Crippen LogP contribution is -2.47. The summed E-state index contributed by atoms with van der Waals surface area (Å²) in [5.41, 5.74) is 6.40. The maximum absolute atomic E-state index is 11.9. The summed E-state index contributed by atoms with van der Waals surface area (Å²) in [4.78, 5) is 21.8. The zero-order chi connectivity index (χ0) is 52.7. The molecular formula is C51H70BBrN8O10S4. The summed E-state index contributed by atoms with van der Waals surface area (Å²) in [6, 6.07) is 18.7. The maximum atomic E-state index is 11.9. The van der Waals surface area contributed by atoms with Crippen LogP contribution in [-0.2, 0) is 55.8 Å². The average molecular weight is 1170 g/mol. The average Bonchev–Trinajstić information content (AvgIpc) is 3.89. The minimum atomic E-state index is -3.14. The third kappa shape index (κ3) is 14.9. The monoisotopic (exact) mass is 1170 g/mol. The molecule has 0 saturated carbocycles. The highest BCUT2D eigenvalue weighted by molar-refractivity contribution is 9.10. The lowest BCUT2D eigenvalue weighted by Gasteiger charge is -2.33. The van der Waals surface area contributed by atoms with Gasteiger partial charge in [-0.2, -0.15) is 8.61 Å². The lowest BCUT2D eigenvalue weighted by atomic mass is 9.80. The van der Waals surface area contributed by atoms with Crippen LogP contribution in [0.4, 0.5) is 11.6 Å². The number of thiophene rings is 2. The Morgan fingerprint density at radius 3 is 1.51 bits per heavy atom. The Hall–Kier alpha value is -3.70. The number of benzene rings is 2. The molecule has 4 saturated heterocycles. The van der Waals surface area contributed by atoms with Gasteiger partial charge in [0.2, 0.25) is 20.0 Å². The van der Waals surface area contributed by atoms with Gasteiger partial charge in [-0.25, -0.2) is 26.8 Å². The number of aliphatic hydroxyl groups excluding tert-OH is 2. The summed E-state index contributed by atoms with van der Waals surface area (Å²) >= 11 is 7.19. The zero-order valence-electron chi connectivity index (χ0n) is 42.3. The second-order valence-electron chi connectivity index (χ2n) is 18.9. The van der Waals surface area contributed by atoms with E-state index in [1.54, 1.807) is 44.2 Å². The van der Waals surface area contributed by atoms with Gasteiger partial charge in [0.05, 0.1) is 67.2 Å². The Bertz CT molecular complexity index is 3100. The topological polar surface area (TPSA) is 213 Å². The number of morpholine rings is 2. The molecule has 408 valence electrons. The van der Waals surface area contributed by atoms with E-state index in [0.717, 1.165) is 112 Å². The van der Waals surface area contributed by atoms with E-state index < -0.39 is 27.2 Å². The molecule has 4 aliphatic heterocycles. The Labute approximate surface area is 458 Å². The third-order valence-electron chi connectivity index (χ3n) is 13.8. The van der Waals surface area contributed by atoms with Crippen LogP contribution in [0.25, 0.3) is 31.4 Å². The first kappa shape index (κ1) is 59.0. The molecule has 0 aliphatic carbocycles. The molecule has 0 radical (unpaired) electrons. The second-order valence-corrected chi connectivity index (χ2v) is 25.9. The van der Waals surface area contributed by atoms with Crippen molar-refractivity contribution in [1.29, 1.82) is 0 Å². The second kappa shape index (κ2) is 26.3. The normalized spacial score (nSPS) is 17.6. The van der Waals surface area contributed by atoms with Gasteiger partial charge in [-0.3, -0.25) is 9.80 Å². The van der Waals surface area contributed by atoms with Crippen LogP contribution in [0.1, 0.15) is 39.4 Å². The minimum Gasteiger partial charge on any atom is -0.423 e. The Kier molecular flexibility index (Phi) is 20.7. The van der Waals surface area contributed by atoms with Crippen molar-refractivity contribution in [1.82, 2.24) is 28.4 Å². The Morgan fingerprint density at radius 2 is 1.05 bits per heavy atom. The van der Waals surface area contributed by atoms with Crippen molar-refractivity contribution < 1.29 is 46.6 Å². The standard InChI is InChI=1S/C25H32N4O4S2.C18H25BrN4O3S2.C7H9BO3.CH4/c1-18-21-15-22(20-5-3-4-19(14-20)17-30)26-25(28-10-12-33-13-11-28)24(21)34-23(18)16-27-6-8-29(9-7-27)35(2,31)32;1-13-14-11-16(19)20-18(22-7-9-26-10-8-22)17(14)27-15(13)12-21-3-5-23(6-4-21)28(2,24)25;9-5-6-2-1-3-7(4-6)8(10)11;/h3-5,14-15,30H,6-13,16-17H2,1-2H3;11H,3-10,12H2,1-2H3;1-4,9-11H,5H2;1H4. The van der Waals surface area contributed by atoms with Gasteiger partial charge in [0.25, 0.3) is 0 Å². The number of pyridine rings is 2. The summed E-state index contributed by atoms with van der Waals surface area (Å²) in [6.45, 7) is 17.3. The number of fused-ring (bicyclic) bond motifs is 2. The smallest absolute Gasteiger partial charge is 0.423 e. The van der Waals surface area contributed by atoms with Gasteiger partial charge in [-0.05, 0) is 75.7 Å². The van der Waals surface area contributed by atoms with Crippen LogP contribution in [-0.4, -0.2) is 190 Å². The lowest BCUT2D eigenvalue weighted by molar-refractivity contribution is 0.122. The molecule has 4 aromatic heterocycles. The number of hydrogen-bond acceptors (Lipinski definition) is 18. The SMILES string of the molecule is C.Cc1c(CN2CCN(S(C)(=O)=O)CC2)sc2c(N3CCOCC3)nc(-c3cccc(CO)c3)cc12.Cc1c(CN2CCN(S(C)(=O)=O)CC2)sc2c(N3CCOCC3)nc(Br)cc12.OCc1cccc(B(O)O)c1. The number of aryl methyl sites for hydroxylation is 2. The van der Waals surface area contributed by atoms with Crippen LogP contribution in [0.3, 0.4) is 0 Å². The van der Waals surface area contributed by atoms with Gasteiger partial charge in [-0.15, -0.1) is 22.7 Å². The van der Waals surface area contributed by atoms with E-state index in [-0.39, 0.29) is 20.6 Å². The predicted octanol–water partition coefficient (Wildman–Crippen LogP) is 4.45. The Morgan fingerprint density at radius 1 is 0.613 bits per heavy atom. The zero-order valence-corrected chi connectivity index (χ0v) is 47.2. The van der Waals surface area contributed by atoms with Crippen LogP contribution in [0, 0.1) is 13.8 Å². The molecular weight excluding hydrogens is 1100 g/mol. The molecule has 6 aromatic rings. The van der Waals surface area contributed by atoms with E-state index in [1.807, 2.05) is 35.6 Å². The summed E-state index contributed by atoms with van der Waals surface area (Å²) in [7, 11) is -7.69. The third-order valence-corrected chi connectivity index (χ3v) is 19.4. The van der Waals surface area contributed by atoms with Gasteiger partial charge in [0.15, 0.2) is 0 Å². The number of ether oxygens (including phenoxy) is 2. The quantitative estimate of drug-likeness (QED) is 0.0985. The number of nitrogens with zero attached hydrogens (tertiary/aromatic N) is 8. The molecule has 0 spiro atoms. The Balaban J connectivity index is 0.000000183. The molecule has 0 amide bonds. The van der Waals surface area contributed by atoms with Crippen molar-refractivity contribution in [2.24, 2.45) is 0 Å². The first-order valence-electron chi connectivity index (χ1n) is 24.7. The van der Waals surface area contributed by atoms with E-state index >= 15 is 0 Å². The molecule has 8 heterocycles. The van der Waals surface area contributed by atoms with E-state index in [4.69, 9.17) is 34.6 Å². The van der Waals surface area contributed by atoms with Crippen molar-refractivity contribution in [2.75, 3.05) is 127 Å². The largest absolute Gasteiger partial charge is 0.488 e. The number of hydrogen-bond donors (Lipinski definition) is 4.